The largest absolute Gasteiger partial charge is 0.465 e. The van der Waals surface area contributed by atoms with Crippen molar-refractivity contribution >= 4 is 27.6 Å². The highest BCUT2D eigenvalue weighted by atomic mass is 32.2. The molecule has 0 amide bonds. The van der Waals surface area contributed by atoms with Gasteiger partial charge in [-0.05, 0) is 58.4 Å². The van der Waals surface area contributed by atoms with Gasteiger partial charge in [0.05, 0.1) is 18.1 Å². The first kappa shape index (κ1) is 38.9. The van der Waals surface area contributed by atoms with Crippen LogP contribution in [0, 0.1) is 10.1 Å². The Labute approximate surface area is 251 Å². The Balaban J connectivity index is 0.000000951. The molecule has 3 N–H and O–H groups in total. The maximum atomic E-state index is 12.6. The van der Waals surface area contributed by atoms with E-state index in [1.54, 1.807) is 13.8 Å². The van der Waals surface area contributed by atoms with Crippen LogP contribution in [0.1, 0.15) is 90.9 Å². The van der Waals surface area contributed by atoms with E-state index in [1.165, 1.54) is 25.0 Å². The standard InChI is InChI=1S/C18H26N2O6S.C12H23NO2/c1-3-5-6-7-8-9-12-15(18(21)26-4-2)19-27(24,25)17-14-11-10-13-16(17)20(22)23;1-3-5-6-7-8-9-10-11(13)12(14)15-4-2/h3,10-11,13-15,19H,1,4-9,12H2,2H3;3,11H,1,4-10,13H2,2H3/t15-;11-/m00/s1. The average molecular weight is 612 g/mol. The van der Waals surface area contributed by atoms with Crippen molar-refractivity contribution in [3.63, 3.8) is 0 Å². The van der Waals surface area contributed by atoms with Crippen molar-refractivity contribution in [3.05, 3.63) is 59.7 Å². The molecule has 0 bridgehead atoms. The van der Waals surface area contributed by atoms with Gasteiger partial charge < -0.3 is 15.2 Å². The highest BCUT2D eigenvalue weighted by Crippen LogP contribution is 2.23. The molecular weight excluding hydrogens is 562 g/mol. The van der Waals surface area contributed by atoms with Crippen molar-refractivity contribution in [2.24, 2.45) is 5.73 Å². The van der Waals surface area contributed by atoms with E-state index in [1.807, 2.05) is 12.2 Å². The summed E-state index contributed by atoms with van der Waals surface area (Å²) in [5, 5.41) is 11.1. The molecule has 0 spiro atoms. The summed E-state index contributed by atoms with van der Waals surface area (Å²) in [6, 6.07) is 3.48. The zero-order chi connectivity index (χ0) is 31.8. The highest BCUT2D eigenvalue weighted by Gasteiger charge is 2.31. The highest BCUT2D eigenvalue weighted by molar-refractivity contribution is 7.89. The number of nitrogens with zero attached hydrogens (tertiary/aromatic N) is 1. The number of para-hydroxylation sites is 1. The molecule has 0 fully saturated rings. The van der Waals surface area contributed by atoms with Gasteiger partial charge in [0.25, 0.3) is 5.69 Å². The molecule has 2 atom stereocenters. The van der Waals surface area contributed by atoms with Gasteiger partial charge in [-0.3, -0.25) is 19.7 Å². The fourth-order valence-corrected chi connectivity index (χ4v) is 5.31. The molecular formula is C30H49N3O8S. The number of nitrogens with two attached hydrogens (primary N) is 1. The lowest BCUT2D eigenvalue weighted by Crippen LogP contribution is -2.42. The lowest BCUT2D eigenvalue weighted by molar-refractivity contribution is -0.387. The van der Waals surface area contributed by atoms with E-state index in [9.17, 15) is 28.1 Å². The zero-order valence-corrected chi connectivity index (χ0v) is 25.9. The predicted molar refractivity (Wildman–Crippen MR) is 164 cm³/mol. The van der Waals surface area contributed by atoms with Gasteiger partial charge in [0.1, 0.15) is 12.1 Å². The number of ether oxygens (including phenoxy) is 2. The number of hydrogen-bond acceptors (Lipinski definition) is 9. The van der Waals surface area contributed by atoms with Crippen LogP contribution in [0.3, 0.4) is 0 Å². The molecule has 0 aromatic heterocycles. The van der Waals surface area contributed by atoms with Crippen LogP contribution in [-0.2, 0) is 29.1 Å². The molecule has 0 aliphatic heterocycles. The number of nitro benzene ring substituents is 1. The number of nitro groups is 1. The molecule has 0 saturated heterocycles. The Bertz CT molecular complexity index is 1060. The van der Waals surface area contributed by atoms with Gasteiger partial charge in [-0.1, -0.05) is 62.8 Å². The molecule has 1 aromatic carbocycles. The second kappa shape index (κ2) is 23.5. The van der Waals surface area contributed by atoms with E-state index in [0.717, 1.165) is 63.5 Å². The van der Waals surface area contributed by atoms with Gasteiger partial charge in [-0.2, -0.15) is 4.72 Å². The third-order valence-electron chi connectivity index (χ3n) is 6.13. The summed E-state index contributed by atoms with van der Waals surface area (Å²) < 4.78 is 37.3. The molecule has 0 radical (unpaired) electrons. The van der Waals surface area contributed by atoms with E-state index < -0.39 is 43.6 Å². The third kappa shape index (κ3) is 17.0. The molecule has 0 aliphatic rings. The molecule has 11 nitrogen and oxygen atoms in total. The first-order valence-corrected chi connectivity index (χ1v) is 16.1. The van der Waals surface area contributed by atoms with E-state index >= 15 is 0 Å². The van der Waals surface area contributed by atoms with Crippen LogP contribution in [-0.4, -0.2) is 50.6 Å². The van der Waals surface area contributed by atoms with Gasteiger partial charge >= 0.3 is 11.9 Å². The molecule has 238 valence electrons. The molecule has 0 saturated carbocycles. The van der Waals surface area contributed by atoms with Gasteiger partial charge in [-0.15, -0.1) is 13.2 Å². The van der Waals surface area contributed by atoms with Crippen LogP contribution in [0.2, 0.25) is 0 Å². The van der Waals surface area contributed by atoms with Crippen LogP contribution in [0.5, 0.6) is 0 Å². The SMILES string of the molecule is C=CCCCCCC[C@H](N)C(=O)OCC.C=CCCCCCC[C@H](NS(=O)(=O)c1ccccc1[N+](=O)[O-])C(=O)OCC. The lowest BCUT2D eigenvalue weighted by atomic mass is 10.1. The normalized spacial score (nSPS) is 12.3. The number of sulfonamides is 1. The van der Waals surface area contributed by atoms with Crippen LogP contribution < -0.4 is 10.5 Å². The van der Waals surface area contributed by atoms with E-state index in [2.05, 4.69) is 17.9 Å². The minimum atomic E-state index is -4.26. The van der Waals surface area contributed by atoms with Crippen LogP contribution in [0.25, 0.3) is 0 Å². The van der Waals surface area contributed by atoms with Crippen molar-refractivity contribution in [2.75, 3.05) is 13.2 Å². The van der Waals surface area contributed by atoms with E-state index in [-0.39, 0.29) is 19.0 Å². The monoisotopic (exact) mass is 611 g/mol. The zero-order valence-electron chi connectivity index (χ0n) is 25.1. The molecule has 0 heterocycles. The maximum Gasteiger partial charge on any atom is 0.324 e. The number of nitrogens with one attached hydrogen (secondary N) is 1. The summed E-state index contributed by atoms with van der Waals surface area (Å²) in [7, 11) is -4.26. The number of rotatable bonds is 22. The number of allylic oxidation sites excluding steroid dienone is 2. The summed E-state index contributed by atoms with van der Waals surface area (Å²) in [4.78, 5) is 33.1. The van der Waals surface area contributed by atoms with Crippen LogP contribution in [0.15, 0.2) is 54.5 Å². The minimum absolute atomic E-state index is 0.113. The summed E-state index contributed by atoms with van der Waals surface area (Å²) in [6.07, 6.45) is 14.6. The Morgan fingerprint density at radius 3 is 1.93 bits per heavy atom. The molecule has 0 unspecified atom stereocenters. The number of esters is 2. The van der Waals surface area contributed by atoms with Crippen LogP contribution >= 0.6 is 0 Å². The average Bonchev–Trinajstić information content (AvgIpc) is 2.96. The first-order chi connectivity index (χ1) is 20.0. The fourth-order valence-electron chi connectivity index (χ4n) is 3.92. The quantitative estimate of drug-likeness (QED) is 0.0546. The van der Waals surface area contributed by atoms with Gasteiger partial charge in [0, 0.05) is 6.07 Å². The predicted octanol–water partition coefficient (Wildman–Crippen LogP) is 5.73. The summed E-state index contributed by atoms with van der Waals surface area (Å²) in [5.74, 6) is -0.964. The fraction of sp³-hybridized carbons (Fsp3) is 0.600. The van der Waals surface area contributed by atoms with Crippen molar-refractivity contribution in [3.8, 4) is 0 Å². The second-order valence-electron chi connectivity index (χ2n) is 9.57. The summed E-state index contributed by atoms with van der Waals surface area (Å²) >= 11 is 0. The second-order valence-corrected chi connectivity index (χ2v) is 11.3. The smallest absolute Gasteiger partial charge is 0.324 e. The molecule has 12 heteroatoms. The summed E-state index contributed by atoms with van der Waals surface area (Å²) in [6.45, 7) is 11.3. The van der Waals surface area contributed by atoms with Crippen molar-refractivity contribution in [2.45, 2.75) is 108 Å². The third-order valence-corrected chi connectivity index (χ3v) is 7.65. The number of carbonyl (C=O) groups is 2. The van der Waals surface area contributed by atoms with Crippen molar-refractivity contribution in [1.82, 2.24) is 4.72 Å². The molecule has 0 aliphatic carbocycles. The molecule has 1 rings (SSSR count). The Morgan fingerprint density at radius 2 is 1.40 bits per heavy atom. The topological polar surface area (TPSA) is 168 Å². The summed E-state index contributed by atoms with van der Waals surface area (Å²) in [5.41, 5.74) is 5.11. The minimum Gasteiger partial charge on any atom is -0.465 e. The molecule has 1 aromatic rings. The van der Waals surface area contributed by atoms with Gasteiger partial charge in [0.2, 0.25) is 10.0 Å². The Kier molecular flexibility index (Phi) is 21.7. The lowest BCUT2D eigenvalue weighted by Gasteiger charge is -2.17. The first-order valence-electron chi connectivity index (χ1n) is 14.6. The van der Waals surface area contributed by atoms with E-state index in [4.69, 9.17) is 15.2 Å². The number of benzene rings is 1. The van der Waals surface area contributed by atoms with Crippen molar-refractivity contribution < 1.29 is 32.4 Å². The molecule has 42 heavy (non-hydrogen) atoms. The van der Waals surface area contributed by atoms with Gasteiger partial charge in [0.15, 0.2) is 4.90 Å². The van der Waals surface area contributed by atoms with E-state index in [0.29, 0.717) is 13.0 Å². The van der Waals surface area contributed by atoms with Crippen molar-refractivity contribution in [1.29, 1.82) is 0 Å². The van der Waals surface area contributed by atoms with Gasteiger partial charge in [-0.25, -0.2) is 8.42 Å². The number of hydrogen-bond donors (Lipinski definition) is 2. The number of carbonyl (C=O) groups excluding carboxylic acids is 2. The Hall–Kier alpha value is -3.09. The maximum absolute atomic E-state index is 12.6. The number of unbranched alkanes of at least 4 members (excludes halogenated alkanes) is 8. The van der Waals surface area contributed by atoms with Crippen LogP contribution in [0.4, 0.5) is 5.69 Å². The Morgan fingerprint density at radius 1 is 0.905 bits per heavy atom.